The van der Waals surface area contributed by atoms with Crippen LogP contribution in [0.2, 0.25) is 0 Å². The Morgan fingerprint density at radius 3 is 2.89 bits per heavy atom. The zero-order valence-corrected chi connectivity index (χ0v) is 10.5. The molecule has 1 saturated heterocycles. The summed E-state index contributed by atoms with van der Waals surface area (Å²) in [6.07, 6.45) is 0. The molecule has 1 aromatic carbocycles. The van der Waals surface area contributed by atoms with Gasteiger partial charge in [0.2, 0.25) is 5.91 Å². The molecule has 1 amide bonds. The Balaban J connectivity index is 2.05. The summed E-state index contributed by atoms with van der Waals surface area (Å²) < 4.78 is 0. The lowest BCUT2D eigenvalue weighted by molar-refractivity contribution is -0.126. The van der Waals surface area contributed by atoms with E-state index in [1.54, 1.807) is 19.2 Å². The summed E-state index contributed by atoms with van der Waals surface area (Å²) in [4.78, 5) is 13.9. The Kier molecular flexibility index (Phi) is 4.17. The van der Waals surface area contributed by atoms with Gasteiger partial charge in [-0.1, -0.05) is 12.1 Å². The molecule has 0 aliphatic carbocycles. The molecule has 1 aromatic rings. The van der Waals surface area contributed by atoms with E-state index >= 15 is 0 Å². The molecular weight excluding hydrogens is 230 g/mol. The standard InChI is InChI=1S/C13H19N3O2/c1-14-13(18)12-8-15-6-7-16(12)9-10-2-4-11(17)5-3-10/h2-5,12,15,17H,6-9H2,1H3,(H,14,18). The number of rotatable bonds is 3. The average Bonchev–Trinajstić information content (AvgIpc) is 2.41. The number of hydrogen-bond acceptors (Lipinski definition) is 4. The van der Waals surface area contributed by atoms with Crippen LogP contribution in [0.25, 0.3) is 0 Å². The highest BCUT2D eigenvalue weighted by atomic mass is 16.3. The number of nitrogens with one attached hydrogen (secondary N) is 2. The lowest BCUT2D eigenvalue weighted by Crippen LogP contribution is -2.56. The SMILES string of the molecule is CNC(=O)C1CNCCN1Cc1ccc(O)cc1. The zero-order valence-electron chi connectivity index (χ0n) is 10.5. The predicted molar refractivity (Wildman–Crippen MR) is 69.2 cm³/mol. The molecule has 1 heterocycles. The molecule has 5 nitrogen and oxygen atoms in total. The summed E-state index contributed by atoms with van der Waals surface area (Å²) >= 11 is 0. The number of carbonyl (C=O) groups is 1. The van der Waals surface area contributed by atoms with Crippen LogP contribution in [-0.2, 0) is 11.3 Å². The smallest absolute Gasteiger partial charge is 0.238 e. The molecule has 0 saturated carbocycles. The molecular formula is C13H19N3O2. The quantitative estimate of drug-likeness (QED) is 0.700. The van der Waals surface area contributed by atoms with E-state index in [2.05, 4.69) is 15.5 Å². The van der Waals surface area contributed by atoms with E-state index in [-0.39, 0.29) is 17.7 Å². The van der Waals surface area contributed by atoms with Gasteiger partial charge in [-0.05, 0) is 17.7 Å². The molecule has 1 aliphatic rings. The minimum atomic E-state index is -0.127. The molecule has 0 bridgehead atoms. The number of benzene rings is 1. The van der Waals surface area contributed by atoms with Crippen molar-refractivity contribution in [3.63, 3.8) is 0 Å². The van der Waals surface area contributed by atoms with Gasteiger partial charge in [-0.2, -0.15) is 0 Å². The Morgan fingerprint density at radius 1 is 1.50 bits per heavy atom. The van der Waals surface area contributed by atoms with E-state index in [0.717, 1.165) is 25.2 Å². The van der Waals surface area contributed by atoms with Crippen molar-refractivity contribution in [2.24, 2.45) is 0 Å². The Hall–Kier alpha value is -1.59. The van der Waals surface area contributed by atoms with Gasteiger partial charge in [0, 0.05) is 33.2 Å². The average molecular weight is 249 g/mol. The van der Waals surface area contributed by atoms with Crippen molar-refractivity contribution in [2.45, 2.75) is 12.6 Å². The first-order chi connectivity index (χ1) is 8.70. The Labute approximate surface area is 107 Å². The van der Waals surface area contributed by atoms with E-state index in [1.165, 1.54) is 0 Å². The summed E-state index contributed by atoms with van der Waals surface area (Å²) in [6, 6.07) is 6.99. The van der Waals surface area contributed by atoms with Crippen LogP contribution < -0.4 is 10.6 Å². The molecule has 1 unspecified atom stereocenters. The molecule has 1 fully saturated rings. The predicted octanol–water partition coefficient (Wildman–Crippen LogP) is -0.0880. The van der Waals surface area contributed by atoms with Gasteiger partial charge in [-0.3, -0.25) is 9.69 Å². The van der Waals surface area contributed by atoms with Crippen molar-refractivity contribution < 1.29 is 9.90 Å². The first-order valence-corrected chi connectivity index (χ1v) is 6.15. The summed E-state index contributed by atoms with van der Waals surface area (Å²) in [5, 5.41) is 15.2. The second-order valence-corrected chi connectivity index (χ2v) is 4.47. The van der Waals surface area contributed by atoms with Crippen molar-refractivity contribution in [3.8, 4) is 5.75 Å². The highest BCUT2D eigenvalue weighted by molar-refractivity contribution is 5.81. The molecule has 2 rings (SSSR count). The van der Waals surface area contributed by atoms with Gasteiger partial charge >= 0.3 is 0 Å². The van der Waals surface area contributed by atoms with E-state index in [0.29, 0.717) is 6.54 Å². The third-order valence-electron chi connectivity index (χ3n) is 3.23. The van der Waals surface area contributed by atoms with Crippen LogP contribution in [-0.4, -0.2) is 48.6 Å². The minimum absolute atomic E-state index is 0.0426. The summed E-state index contributed by atoms with van der Waals surface area (Å²) in [5.74, 6) is 0.308. The van der Waals surface area contributed by atoms with E-state index in [4.69, 9.17) is 0 Å². The molecule has 98 valence electrons. The van der Waals surface area contributed by atoms with Gasteiger partial charge in [0.05, 0.1) is 0 Å². The number of hydrogen-bond donors (Lipinski definition) is 3. The van der Waals surface area contributed by atoms with Gasteiger partial charge in [0.1, 0.15) is 11.8 Å². The van der Waals surface area contributed by atoms with Gasteiger partial charge in [0.25, 0.3) is 0 Å². The molecule has 3 N–H and O–H groups in total. The Bertz CT molecular complexity index is 405. The number of piperazine rings is 1. The first-order valence-electron chi connectivity index (χ1n) is 6.15. The molecule has 1 atom stereocenters. The maximum Gasteiger partial charge on any atom is 0.238 e. The second-order valence-electron chi connectivity index (χ2n) is 4.47. The fraction of sp³-hybridized carbons (Fsp3) is 0.462. The summed E-state index contributed by atoms with van der Waals surface area (Å²) in [5.41, 5.74) is 1.10. The summed E-state index contributed by atoms with van der Waals surface area (Å²) in [7, 11) is 1.66. The molecule has 0 aromatic heterocycles. The molecule has 5 heteroatoms. The van der Waals surface area contributed by atoms with Crippen LogP contribution >= 0.6 is 0 Å². The highest BCUT2D eigenvalue weighted by Crippen LogP contribution is 2.14. The maximum absolute atomic E-state index is 11.8. The van der Waals surface area contributed by atoms with Crippen molar-refractivity contribution in [2.75, 3.05) is 26.7 Å². The Morgan fingerprint density at radius 2 is 2.22 bits per heavy atom. The molecule has 18 heavy (non-hydrogen) atoms. The van der Waals surface area contributed by atoms with E-state index < -0.39 is 0 Å². The third-order valence-corrected chi connectivity index (χ3v) is 3.23. The number of phenolic OH excluding ortho intramolecular Hbond substituents is 1. The number of carbonyl (C=O) groups excluding carboxylic acids is 1. The van der Waals surface area contributed by atoms with Crippen molar-refractivity contribution in [1.29, 1.82) is 0 Å². The van der Waals surface area contributed by atoms with E-state index in [1.807, 2.05) is 12.1 Å². The number of amides is 1. The van der Waals surface area contributed by atoms with Crippen LogP contribution in [0.5, 0.6) is 5.75 Å². The lowest BCUT2D eigenvalue weighted by atomic mass is 10.1. The van der Waals surface area contributed by atoms with Crippen molar-refractivity contribution >= 4 is 5.91 Å². The third kappa shape index (κ3) is 3.00. The fourth-order valence-electron chi connectivity index (χ4n) is 2.20. The highest BCUT2D eigenvalue weighted by Gasteiger charge is 2.27. The molecule has 0 radical (unpaired) electrons. The zero-order chi connectivity index (χ0) is 13.0. The van der Waals surface area contributed by atoms with Crippen LogP contribution in [0.4, 0.5) is 0 Å². The molecule has 1 aliphatic heterocycles. The number of nitrogens with zero attached hydrogens (tertiary/aromatic N) is 1. The largest absolute Gasteiger partial charge is 0.508 e. The second kappa shape index (κ2) is 5.84. The monoisotopic (exact) mass is 249 g/mol. The van der Waals surface area contributed by atoms with Crippen LogP contribution in [0.3, 0.4) is 0 Å². The van der Waals surface area contributed by atoms with Gasteiger partial charge in [0.15, 0.2) is 0 Å². The lowest BCUT2D eigenvalue weighted by Gasteiger charge is -2.34. The minimum Gasteiger partial charge on any atom is -0.508 e. The molecule has 0 spiro atoms. The topological polar surface area (TPSA) is 64.6 Å². The first kappa shape index (κ1) is 12.9. The maximum atomic E-state index is 11.8. The van der Waals surface area contributed by atoms with Gasteiger partial charge < -0.3 is 15.7 Å². The van der Waals surface area contributed by atoms with Crippen LogP contribution in [0.1, 0.15) is 5.56 Å². The van der Waals surface area contributed by atoms with Gasteiger partial charge in [-0.15, -0.1) is 0 Å². The van der Waals surface area contributed by atoms with Gasteiger partial charge in [-0.25, -0.2) is 0 Å². The van der Waals surface area contributed by atoms with Crippen LogP contribution in [0, 0.1) is 0 Å². The van der Waals surface area contributed by atoms with Crippen molar-refractivity contribution in [1.82, 2.24) is 15.5 Å². The number of aromatic hydroxyl groups is 1. The van der Waals surface area contributed by atoms with Crippen molar-refractivity contribution in [3.05, 3.63) is 29.8 Å². The fourth-order valence-corrected chi connectivity index (χ4v) is 2.20. The van der Waals surface area contributed by atoms with Crippen LogP contribution in [0.15, 0.2) is 24.3 Å². The normalized spacial score (nSPS) is 20.6. The number of phenols is 1. The van der Waals surface area contributed by atoms with E-state index in [9.17, 15) is 9.90 Å². The number of likely N-dealkylation sites (N-methyl/N-ethyl adjacent to an activating group) is 1. The summed E-state index contributed by atoms with van der Waals surface area (Å²) in [6.45, 7) is 3.14.